The number of hydrogen-bond acceptors (Lipinski definition) is 6. The molecule has 1 aromatic carbocycles. The Balaban J connectivity index is 1.97. The van der Waals surface area contributed by atoms with E-state index >= 15 is 0 Å². The second-order valence-electron chi connectivity index (χ2n) is 5.73. The van der Waals surface area contributed by atoms with E-state index in [1.54, 1.807) is 35.2 Å². The Morgan fingerprint density at radius 3 is 2.85 bits per heavy atom. The van der Waals surface area contributed by atoms with Gasteiger partial charge in [-0.2, -0.15) is 0 Å². The van der Waals surface area contributed by atoms with Gasteiger partial charge >= 0.3 is 5.97 Å². The highest BCUT2D eigenvalue weighted by atomic mass is 16.5. The van der Waals surface area contributed by atoms with Gasteiger partial charge in [0.1, 0.15) is 17.3 Å². The third-order valence-electron chi connectivity index (χ3n) is 3.95. The molecule has 2 heterocycles. The normalized spacial score (nSPS) is 16.7. The molecule has 1 aliphatic rings. The molecule has 134 valence electrons. The van der Waals surface area contributed by atoms with Crippen LogP contribution in [-0.4, -0.2) is 29.7 Å². The topological polar surface area (TPSA) is 122 Å². The molecule has 0 radical (unpaired) electrons. The van der Waals surface area contributed by atoms with Crippen LogP contribution in [0.25, 0.3) is 0 Å². The zero-order valence-corrected chi connectivity index (χ0v) is 14.1. The molecular formula is C18H18N4O4. The number of ether oxygens (including phenoxy) is 1. The molecule has 4 N–H and O–H groups in total. The molecule has 8 nitrogen and oxygen atoms in total. The molecule has 1 amide bonds. The fraction of sp³-hybridized carbons (Fsp3) is 0.167. The molecule has 26 heavy (non-hydrogen) atoms. The van der Waals surface area contributed by atoms with Crippen LogP contribution in [0.1, 0.15) is 22.9 Å². The first kappa shape index (κ1) is 17.3. The first-order chi connectivity index (χ1) is 12.5. The van der Waals surface area contributed by atoms with Crippen LogP contribution in [0.3, 0.4) is 0 Å². The maximum absolute atomic E-state index is 12.6. The van der Waals surface area contributed by atoms with Gasteiger partial charge in [0.15, 0.2) is 6.04 Å². The number of esters is 1. The Hall–Kier alpha value is -3.55. The number of carbonyl (C=O) groups excluding carboxylic acids is 2. The Morgan fingerprint density at radius 1 is 1.38 bits per heavy atom. The van der Waals surface area contributed by atoms with Gasteiger partial charge in [0.2, 0.25) is 0 Å². The van der Waals surface area contributed by atoms with E-state index in [-0.39, 0.29) is 11.5 Å². The number of benzene rings is 1. The average Bonchev–Trinajstić information content (AvgIpc) is 3.15. The summed E-state index contributed by atoms with van der Waals surface area (Å²) < 4.78 is 10.1. The molecule has 0 fully saturated rings. The zero-order valence-electron chi connectivity index (χ0n) is 14.1. The van der Waals surface area contributed by atoms with E-state index in [1.165, 1.54) is 19.6 Å². The van der Waals surface area contributed by atoms with Gasteiger partial charge in [0.05, 0.1) is 13.4 Å². The van der Waals surface area contributed by atoms with Crippen molar-refractivity contribution in [1.82, 2.24) is 10.2 Å². The Labute approximate surface area is 149 Å². The first-order valence-corrected chi connectivity index (χ1v) is 7.83. The van der Waals surface area contributed by atoms with Crippen molar-refractivity contribution in [1.29, 1.82) is 5.41 Å². The molecule has 0 spiro atoms. The zero-order chi connectivity index (χ0) is 18.7. The molecule has 1 unspecified atom stereocenters. The standard InChI is InChI=1S/C18H18N4O4/c1-25-18(24)13-10-22(9-11-4-2-5-12(8-11)16(19)20)15(17(23)21-13)14-6-3-7-26-14/h2-8,10,15H,9H2,1H3,(H3,19,20)(H,21,23). The number of rotatable bonds is 5. The van der Waals surface area contributed by atoms with Crippen LogP contribution >= 0.6 is 0 Å². The van der Waals surface area contributed by atoms with Crippen molar-refractivity contribution in [2.75, 3.05) is 7.11 Å². The average molecular weight is 354 g/mol. The summed E-state index contributed by atoms with van der Waals surface area (Å²) >= 11 is 0. The van der Waals surface area contributed by atoms with Crippen LogP contribution < -0.4 is 11.1 Å². The van der Waals surface area contributed by atoms with Crippen LogP contribution in [0.5, 0.6) is 0 Å². The molecular weight excluding hydrogens is 336 g/mol. The highest BCUT2D eigenvalue weighted by Crippen LogP contribution is 2.28. The number of amides is 1. The van der Waals surface area contributed by atoms with Crippen LogP contribution in [0.2, 0.25) is 0 Å². The van der Waals surface area contributed by atoms with E-state index in [2.05, 4.69) is 5.32 Å². The van der Waals surface area contributed by atoms with E-state index < -0.39 is 17.9 Å². The predicted molar refractivity (Wildman–Crippen MR) is 92.7 cm³/mol. The van der Waals surface area contributed by atoms with E-state index in [0.717, 1.165) is 5.56 Å². The first-order valence-electron chi connectivity index (χ1n) is 7.83. The molecule has 1 atom stereocenters. The highest BCUT2D eigenvalue weighted by Gasteiger charge is 2.35. The molecule has 2 aromatic rings. The number of carbonyl (C=O) groups is 2. The van der Waals surface area contributed by atoms with Gasteiger partial charge in [-0.1, -0.05) is 18.2 Å². The molecule has 8 heteroatoms. The summed E-state index contributed by atoms with van der Waals surface area (Å²) in [6.07, 6.45) is 3.01. The summed E-state index contributed by atoms with van der Waals surface area (Å²) in [5, 5.41) is 10.1. The number of nitrogens with two attached hydrogens (primary N) is 1. The molecule has 0 aliphatic carbocycles. The minimum Gasteiger partial charge on any atom is -0.467 e. The summed E-state index contributed by atoms with van der Waals surface area (Å²) in [7, 11) is 1.24. The lowest BCUT2D eigenvalue weighted by Gasteiger charge is -2.33. The minimum absolute atomic E-state index is 0.0445. The van der Waals surface area contributed by atoms with E-state index in [4.69, 9.17) is 20.3 Å². The van der Waals surface area contributed by atoms with Gasteiger partial charge < -0.3 is 25.1 Å². The van der Waals surface area contributed by atoms with Crippen molar-refractivity contribution in [2.45, 2.75) is 12.6 Å². The summed E-state index contributed by atoms with van der Waals surface area (Å²) in [6.45, 7) is 0.306. The maximum atomic E-state index is 12.6. The number of nitrogen functional groups attached to an aromatic ring is 1. The van der Waals surface area contributed by atoms with E-state index in [9.17, 15) is 9.59 Å². The van der Waals surface area contributed by atoms with Crippen molar-refractivity contribution >= 4 is 17.7 Å². The summed E-state index contributed by atoms with van der Waals surface area (Å²) in [6, 6.07) is 9.78. The quantitative estimate of drug-likeness (QED) is 0.422. The Kier molecular flexibility index (Phi) is 4.74. The van der Waals surface area contributed by atoms with Gasteiger partial charge in [-0.3, -0.25) is 10.2 Å². The SMILES string of the molecule is COC(=O)C1=CN(Cc2cccc(C(=N)N)c2)C(c2ccco2)C(=O)N1. The summed E-state index contributed by atoms with van der Waals surface area (Å²) in [5.74, 6) is -0.633. The fourth-order valence-electron chi connectivity index (χ4n) is 2.76. The van der Waals surface area contributed by atoms with E-state index in [1.807, 2.05) is 6.07 Å². The largest absolute Gasteiger partial charge is 0.467 e. The number of nitrogens with one attached hydrogen (secondary N) is 2. The van der Waals surface area contributed by atoms with Crippen LogP contribution in [-0.2, 0) is 20.9 Å². The molecule has 1 aromatic heterocycles. The second kappa shape index (κ2) is 7.14. The van der Waals surface area contributed by atoms with Crippen molar-refractivity contribution in [3.63, 3.8) is 0 Å². The molecule has 0 bridgehead atoms. The minimum atomic E-state index is -0.737. The smallest absolute Gasteiger partial charge is 0.356 e. The predicted octanol–water partition coefficient (Wildman–Crippen LogP) is 1.25. The number of furan rings is 1. The fourth-order valence-corrected chi connectivity index (χ4v) is 2.76. The van der Waals surface area contributed by atoms with Gasteiger partial charge in [0, 0.05) is 18.3 Å². The van der Waals surface area contributed by atoms with Crippen molar-refractivity contribution < 1.29 is 18.7 Å². The van der Waals surface area contributed by atoms with Gasteiger partial charge in [-0.25, -0.2) is 4.79 Å². The highest BCUT2D eigenvalue weighted by molar-refractivity contribution is 5.97. The van der Waals surface area contributed by atoms with Crippen LogP contribution in [0, 0.1) is 5.41 Å². The van der Waals surface area contributed by atoms with Gasteiger partial charge in [-0.05, 0) is 23.8 Å². The van der Waals surface area contributed by atoms with Crippen molar-refractivity contribution in [2.24, 2.45) is 5.73 Å². The van der Waals surface area contributed by atoms with Crippen molar-refractivity contribution in [3.8, 4) is 0 Å². The molecule has 0 saturated heterocycles. The molecule has 3 rings (SSSR count). The number of nitrogens with zero attached hydrogens (tertiary/aromatic N) is 1. The number of hydrogen-bond donors (Lipinski definition) is 3. The lowest BCUT2D eigenvalue weighted by Crippen LogP contribution is -2.44. The second-order valence-corrected chi connectivity index (χ2v) is 5.73. The monoisotopic (exact) mass is 354 g/mol. The lowest BCUT2D eigenvalue weighted by atomic mass is 10.1. The number of amidine groups is 1. The Bertz CT molecular complexity index is 873. The third-order valence-corrected chi connectivity index (χ3v) is 3.95. The van der Waals surface area contributed by atoms with Crippen LogP contribution in [0.15, 0.2) is 59.0 Å². The number of methoxy groups -OCH3 is 1. The van der Waals surface area contributed by atoms with Gasteiger partial charge in [-0.15, -0.1) is 0 Å². The third kappa shape index (κ3) is 3.44. The van der Waals surface area contributed by atoms with Crippen LogP contribution in [0.4, 0.5) is 0 Å². The Morgan fingerprint density at radius 2 is 2.19 bits per heavy atom. The van der Waals surface area contributed by atoms with E-state index in [0.29, 0.717) is 17.9 Å². The van der Waals surface area contributed by atoms with Gasteiger partial charge in [0.25, 0.3) is 5.91 Å². The maximum Gasteiger partial charge on any atom is 0.356 e. The molecule has 0 saturated carbocycles. The van der Waals surface area contributed by atoms with Crippen molar-refractivity contribution in [3.05, 3.63) is 71.4 Å². The summed E-state index contributed by atoms with van der Waals surface area (Å²) in [5.41, 5.74) is 6.99. The lowest BCUT2D eigenvalue weighted by molar-refractivity contribution is -0.139. The molecule has 1 aliphatic heterocycles. The summed E-state index contributed by atoms with van der Waals surface area (Å²) in [4.78, 5) is 26.1.